The van der Waals surface area contributed by atoms with Crippen molar-refractivity contribution in [3.8, 4) is 0 Å². The summed E-state index contributed by atoms with van der Waals surface area (Å²) in [5.74, 6) is 1.81. The molecule has 0 radical (unpaired) electrons. The fourth-order valence-corrected chi connectivity index (χ4v) is 4.01. The van der Waals surface area contributed by atoms with E-state index >= 15 is 0 Å². The Morgan fingerprint density at radius 1 is 1.23 bits per heavy atom. The SMILES string of the molecule is c1cnc(NC[C@H]2CO[C@@H]3CN(Cc4nccs4)C[C@H]23)nc1. The second kappa shape index (κ2) is 6.28. The first-order valence-corrected chi connectivity index (χ1v) is 8.49. The third kappa shape index (κ3) is 2.97. The van der Waals surface area contributed by atoms with Crippen LogP contribution in [0.1, 0.15) is 5.01 Å². The minimum Gasteiger partial charge on any atom is -0.376 e. The minimum absolute atomic E-state index is 0.364. The van der Waals surface area contributed by atoms with Crippen LogP contribution in [0.25, 0.3) is 0 Å². The fraction of sp³-hybridized carbons (Fsp3) is 0.533. The molecule has 2 aromatic rings. The molecule has 2 aliphatic rings. The van der Waals surface area contributed by atoms with Gasteiger partial charge in [0.05, 0.1) is 19.3 Å². The highest BCUT2D eigenvalue weighted by Crippen LogP contribution is 2.34. The van der Waals surface area contributed by atoms with Crippen molar-refractivity contribution in [3.05, 3.63) is 35.0 Å². The predicted molar refractivity (Wildman–Crippen MR) is 84.6 cm³/mol. The Morgan fingerprint density at radius 3 is 2.95 bits per heavy atom. The number of thiazole rings is 1. The lowest BCUT2D eigenvalue weighted by molar-refractivity contribution is 0.0946. The van der Waals surface area contributed by atoms with E-state index < -0.39 is 0 Å². The van der Waals surface area contributed by atoms with Crippen LogP contribution in [0.5, 0.6) is 0 Å². The number of nitrogens with zero attached hydrogens (tertiary/aromatic N) is 4. The highest BCUT2D eigenvalue weighted by molar-refractivity contribution is 7.09. The van der Waals surface area contributed by atoms with Crippen molar-refractivity contribution < 1.29 is 4.74 Å². The van der Waals surface area contributed by atoms with Crippen molar-refractivity contribution in [1.29, 1.82) is 0 Å². The number of hydrogen-bond donors (Lipinski definition) is 1. The Kier molecular flexibility index (Phi) is 4.01. The summed E-state index contributed by atoms with van der Waals surface area (Å²) in [6.07, 6.45) is 5.76. The Hall–Kier alpha value is -1.57. The lowest BCUT2D eigenvalue weighted by Crippen LogP contribution is -2.27. The van der Waals surface area contributed by atoms with Crippen molar-refractivity contribution in [2.24, 2.45) is 11.8 Å². The summed E-state index contributed by atoms with van der Waals surface area (Å²) in [7, 11) is 0. The monoisotopic (exact) mass is 317 g/mol. The zero-order valence-electron chi connectivity index (χ0n) is 12.3. The predicted octanol–water partition coefficient (Wildman–Crippen LogP) is 1.49. The Labute approximate surface area is 133 Å². The van der Waals surface area contributed by atoms with E-state index in [4.69, 9.17) is 4.74 Å². The summed E-state index contributed by atoms with van der Waals surface area (Å²) in [4.78, 5) is 15.3. The second-order valence-corrected chi connectivity index (χ2v) is 6.85. The van der Waals surface area contributed by atoms with Gasteiger partial charge in [0.1, 0.15) is 5.01 Å². The standard InChI is InChI=1S/C15H19N5OS/c1-2-17-15(18-3-1)19-6-11-10-21-13-8-20(7-12(11)13)9-14-16-4-5-22-14/h1-5,11-13H,6-10H2,(H,17,18,19)/t11-,12+,13+/m0/s1. The molecule has 0 spiro atoms. The van der Waals surface area contributed by atoms with E-state index in [1.165, 1.54) is 5.01 Å². The molecule has 6 nitrogen and oxygen atoms in total. The highest BCUT2D eigenvalue weighted by atomic mass is 32.1. The van der Waals surface area contributed by atoms with Crippen LogP contribution in [0.2, 0.25) is 0 Å². The molecule has 1 N–H and O–H groups in total. The molecule has 0 aliphatic carbocycles. The number of fused-ring (bicyclic) bond motifs is 1. The van der Waals surface area contributed by atoms with Gasteiger partial charge in [-0.3, -0.25) is 4.90 Å². The van der Waals surface area contributed by atoms with Crippen LogP contribution in [0, 0.1) is 11.8 Å². The quantitative estimate of drug-likeness (QED) is 0.901. The van der Waals surface area contributed by atoms with E-state index in [-0.39, 0.29) is 0 Å². The summed E-state index contributed by atoms with van der Waals surface area (Å²) >= 11 is 1.72. The largest absolute Gasteiger partial charge is 0.376 e. The van der Waals surface area contributed by atoms with Crippen molar-refractivity contribution in [2.45, 2.75) is 12.6 Å². The Morgan fingerprint density at radius 2 is 2.14 bits per heavy atom. The summed E-state index contributed by atoms with van der Waals surface area (Å²) in [6.45, 7) is 4.75. The van der Waals surface area contributed by atoms with E-state index in [1.807, 2.05) is 17.6 Å². The average Bonchev–Trinajstić information content (AvgIpc) is 3.25. The van der Waals surface area contributed by atoms with Crippen LogP contribution >= 0.6 is 11.3 Å². The molecule has 3 atom stereocenters. The van der Waals surface area contributed by atoms with Crippen LogP contribution in [0.15, 0.2) is 30.0 Å². The Bertz CT molecular complexity index is 593. The lowest BCUT2D eigenvalue weighted by atomic mass is 9.93. The van der Waals surface area contributed by atoms with Gasteiger partial charge in [0, 0.05) is 55.4 Å². The zero-order valence-corrected chi connectivity index (χ0v) is 13.1. The van der Waals surface area contributed by atoms with Gasteiger partial charge in [-0.15, -0.1) is 11.3 Å². The molecular weight excluding hydrogens is 298 g/mol. The number of hydrogen-bond acceptors (Lipinski definition) is 7. The molecule has 2 aliphatic heterocycles. The van der Waals surface area contributed by atoms with Crippen LogP contribution in [-0.4, -0.2) is 52.2 Å². The van der Waals surface area contributed by atoms with E-state index in [0.29, 0.717) is 23.9 Å². The smallest absolute Gasteiger partial charge is 0.222 e. The second-order valence-electron chi connectivity index (χ2n) is 5.87. The number of likely N-dealkylation sites (tertiary alicyclic amines) is 1. The number of ether oxygens (including phenoxy) is 1. The first-order chi connectivity index (χ1) is 10.9. The molecule has 0 saturated carbocycles. The van der Waals surface area contributed by atoms with Crippen LogP contribution < -0.4 is 5.32 Å². The third-order valence-electron chi connectivity index (χ3n) is 4.45. The normalized spacial score (nSPS) is 27.9. The van der Waals surface area contributed by atoms with Crippen LogP contribution in [0.4, 0.5) is 5.95 Å². The molecule has 0 amide bonds. The first kappa shape index (κ1) is 14.0. The van der Waals surface area contributed by atoms with Gasteiger partial charge in [0.15, 0.2) is 0 Å². The van der Waals surface area contributed by atoms with Crippen LogP contribution in [-0.2, 0) is 11.3 Å². The molecule has 7 heteroatoms. The molecule has 2 saturated heterocycles. The molecule has 0 bridgehead atoms. The maximum Gasteiger partial charge on any atom is 0.222 e. The van der Waals surface area contributed by atoms with Gasteiger partial charge in [-0.1, -0.05) is 0 Å². The van der Waals surface area contributed by atoms with E-state index in [2.05, 4.69) is 25.2 Å². The van der Waals surface area contributed by atoms with Crippen LogP contribution in [0.3, 0.4) is 0 Å². The fourth-order valence-electron chi connectivity index (χ4n) is 3.35. The summed E-state index contributed by atoms with van der Waals surface area (Å²) < 4.78 is 5.99. The van der Waals surface area contributed by atoms with Gasteiger partial charge >= 0.3 is 0 Å². The van der Waals surface area contributed by atoms with Crippen molar-refractivity contribution in [2.75, 3.05) is 31.6 Å². The van der Waals surface area contributed by atoms with Gasteiger partial charge in [-0.05, 0) is 6.07 Å². The van der Waals surface area contributed by atoms with E-state index in [0.717, 1.165) is 32.8 Å². The zero-order chi connectivity index (χ0) is 14.8. The first-order valence-electron chi connectivity index (χ1n) is 7.62. The number of aromatic nitrogens is 3. The van der Waals surface area contributed by atoms with Crippen molar-refractivity contribution >= 4 is 17.3 Å². The summed E-state index contributed by atoms with van der Waals surface area (Å²) in [5, 5.41) is 6.55. The van der Waals surface area contributed by atoms with E-state index in [1.54, 1.807) is 23.7 Å². The molecule has 22 heavy (non-hydrogen) atoms. The van der Waals surface area contributed by atoms with Gasteiger partial charge in [-0.2, -0.15) is 0 Å². The number of rotatable bonds is 5. The van der Waals surface area contributed by atoms with Crippen molar-refractivity contribution in [3.63, 3.8) is 0 Å². The lowest BCUT2D eigenvalue weighted by Gasteiger charge is -2.19. The molecule has 116 valence electrons. The summed E-state index contributed by atoms with van der Waals surface area (Å²) in [6, 6.07) is 1.83. The van der Waals surface area contributed by atoms with Gasteiger partial charge in [0.25, 0.3) is 0 Å². The molecule has 4 heterocycles. The molecular formula is C15H19N5OS. The maximum atomic E-state index is 5.99. The maximum absolute atomic E-state index is 5.99. The molecule has 4 rings (SSSR count). The molecule has 0 aromatic carbocycles. The number of anilines is 1. The third-order valence-corrected chi connectivity index (χ3v) is 5.21. The van der Waals surface area contributed by atoms with Gasteiger partial charge in [0.2, 0.25) is 5.95 Å². The van der Waals surface area contributed by atoms with Gasteiger partial charge in [-0.25, -0.2) is 15.0 Å². The summed E-state index contributed by atoms with van der Waals surface area (Å²) in [5.41, 5.74) is 0. The Balaban J connectivity index is 1.32. The molecule has 2 fully saturated rings. The minimum atomic E-state index is 0.364. The molecule has 2 aromatic heterocycles. The highest BCUT2D eigenvalue weighted by Gasteiger charge is 2.43. The average molecular weight is 317 g/mol. The van der Waals surface area contributed by atoms with Crippen molar-refractivity contribution in [1.82, 2.24) is 19.9 Å². The number of nitrogens with one attached hydrogen (secondary N) is 1. The topological polar surface area (TPSA) is 63.2 Å². The van der Waals surface area contributed by atoms with E-state index in [9.17, 15) is 0 Å². The van der Waals surface area contributed by atoms with Gasteiger partial charge < -0.3 is 10.1 Å². The molecule has 0 unspecified atom stereocenters.